The van der Waals surface area contributed by atoms with Crippen LogP contribution in [0, 0.1) is 6.92 Å². The summed E-state index contributed by atoms with van der Waals surface area (Å²) in [5.74, 6) is 1.73. The van der Waals surface area contributed by atoms with Gasteiger partial charge in [-0.1, -0.05) is 0 Å². The molecule has 3 rings (SSSR count). The second kappa shape index (κ2) is 8.37. The van der Waals surface area contributed by atoms with Crippen molar-refractivity contribution in [2.75, 3.05) is 39.4 Å². The smallest absolute Gasteiger partial charge is 0.279 e. The lowest BCUT2D eigenvalue weighted by Crippen LogP contribution is -2.51. The third-order valence-electron chi connectivity index (χ3n) is 4.82. The van der Waals surface area contributed by atoms with Gasteiger partial charge in [-0.05, 0) is 32.9 Å². The molecule has 7 nitrogen and oxygen atoms in total. The van der Waals surface area contributed by atoms with E-state index < -0.39 is 10.2 Å². The molecule has 25 heavy (non-hydrogen) atoms. The lowest BCUT2D eigenvalue weighted by molar-refractivity contribution is 0.0723. The number of nitrogens with zero attached hydrogens (tertiary/aromatic N) is 2. The molecule has 2 fully saturated rings. The van der Waals surface area contributed by atoms with Gasteiger partial charge in [-0.15, -0.1) is 12.4 Å². The Balaban J connectivity index is 0.00000225. The summed E-state index contributed by atoms with van der Waals surface area (Å²) in [5.41, 5.74) is 0. The van der Waals surface area contributed by atoms with Crippen molar-refractivity contribution in [2.45, 2.75) is 38.8 Å². The molecule has 3 heterocycles. The Morgan fingerprint density at radius 3 is 2.44 bits per heavy atom. The molecular weight excluding hydrogens is 366 g/mol. The average molecular weight is 394 g/mol. The highest BCUT2D eigenvalue weighted by Crippen LogP contribution is 2.30. The fraction of sp³-hybridized carbons (Fsp3) is 0.750. The molecule has 2 atom stereocenters. The highest BCUT2D eigenvalue weighted by molar-refractivity contribution is 7.87. The van der Waals surface area contributed by atoms with Crippen molar-refractivity contribution < 1.29 is 17.6 Å². The molecule has 0 amide bonds. The zero-order valence-corrected chi connectivity index (χ0v) is 16.6. The van der Waals surface area contributed by atoms with E-state index in [4.69, 9.17) is 9.15 Å². The molecule has 0 radical (unpaired) electrons. The highest BCUT2D eigenvalue weighted by Gasteiger charge is 2.40. The van der Waals surface area contributed by atoms with Crippen molar-refractivity contribution >= 4 is 22.6 Å². The van der Waals surface area contributed by atoms with Gasteiger partial charge in [0.1, 0.15) is 11.5 Å². The molecule has 2 aliphatic heterocycles. The van der Waals surface area contributed by atoms with Crippen LogP contribution in [0.25, 0.3) is 0 Å². The predicted molar refractivity (Wildman–Crippen MR) is 98.4 cm³/mol. The van der Waals surface area contributed by atoms with Gasteiger partial charge in [-0.3, -0.25) is 4.90 Å². The second-order valence-corrected chi connectivity index (χ2v) is 8.55. The number of rotatable bonds is 5. The molecule has 0 aliphatic carbocycles. The largest absolute Gasteiger partial charge is 0.466 e. The van der Waals surface area contributed by atoms with Gasteiger partial charge < -0.3 is 9.15 Å². The van der Waals surface area contributed by atoms with E-state index in [1.165, 1.54) is 4.31 Å². The van der Waals surface area contributed by atoms with Crippen LogP contribution in [0.1, 0.15) is 31.3 Å². The normalized spacial score (nSPS) is 26.1. The summed E-state index contributed by atoms with van der Waals surface area (Å²) in [6.07, 6.45) is 0. The van der Waals surface area contributed by atoms with Gasteiger partial charge >= 0.3 is 0 Å². The summed E-state index contributed by atoms with van der Waals surface area (Å²) >= 11 is 0. The maximum atomic E-state index is 12.7. The number of aryl methyl sites for hydroxylation is 1. The first-order valence-electron chi connectivity index (χ1n) is 8.52. The maximum Gasteiger partial charge on any atom is 0.279 e. The average Bonchev–Trinajstić information content (AvgIpc) is 3.14. The number of ether oxygens (including phenoxy) is 1. The molecule has 2 saturated heterocycles. The summed E-state index contributed by atoms with van der Waals surface area (Å²) in [6, 6.07) is 4.06. The molecule has 1 N–H and O–H groups in total. The van der Waals surface area contributed by atoms with Crippen LogP contribution >= 0.6 is 12.4 Å². The van der Waals surface area contributed by atoms with Crippen molar-refractivity contribution in [2.24, 2.45) is 0 Å². The number of hydrogen-bond acceptors (Lipinski definition) is 5. The molecule has 0 spiro atoms. The van der Waals surface area contributed by atoms with Crippen LogP contribution in [0.4, 0.5) is 0 Å². The number of nitrogens with one attached hydrogen (secondary N) is 1. The van der Waals surface area contributed by atoms with Crippen molar-refractivity contribution in [1.29, 1.82) is 0 Å². The third-order valence-corrected chi connectivity index (χ3v) is 6.46. The van der Waals surface area contributed by atoms with Gasteiger partial charge in [0.25, 0.3) is 10.2 Å². The first-order valence-corrected chi connectivity index (χ1v) is 9.96. The van der Waals surface area contributed by atoms with E-state index in [0.29, 0.717) is 38.9 Å². The molecule has 144 valence electrons. The minimum Gasteiger partial charge on any atom is -0.466 e. The lowest BCUT2D eigenvalue weighted by atomic mass is 10.0. The first-order chi connectivity index (χ1) is 11.4. The zero-order chi connectivity index (χ0) is 17.3. The van der Waals surface area contributed by atoms with Crippen LogP contribution in [0.15, 0.2) is 16.5 Å². The van der Waals surface area contributed by atoms with E-state index in [0.717, 1.165) is 18.1 Å². The summed E-state index contributed by atoms with van der Waals surface area (Å²) < 4.78 is 40.8. The monoisotopic (exact) mass is 393 g/mol. The molecular formula is C16H28ClN3O4S. The fourth-order valence-corrected chi connectivity index (χ4v) is 4.77. The Hall–Kier alpha value is -0.640. The van der Waals surface area contributed by atoms with E-state index in [-0.39, 0.29) is 24.4 Å². The molecule has 0 aromatic carbocycles. The number of likely N-dealkylation sites (tertiary alicyclic amines) is 1. The van der Waals surface area contributed by atoms with Crippen molar-refractivity contribution in [3.8, 4) is 0 Å². The van der Waals surface area contributed by atoms with Crippen LogP contribution in [0.2, 0.25) is 0 Å². The number of hydrogen-bond donors (Lipinski definition) is 1. The van der Waals surface area contributed by atoms with Gasteiger partial charge in [0, 0.05) is 44.2 Å². The molecule has 2 aliphatic rings. The van der Waals surface area contributed by atoms with E-state index in [1.54, 1.807) is 0 Å². The van der Waals surface area contributed by atoms with Crippen LogP contribution in [-0.4, -0.2) is 69.1 Å². The van der Waals surface area contributed by atoms with Gasteiger partial charge in [0.2, 0.25) is 0 Å². The molecule has 9 heteroatoms. The summed E-state index contributed by atoms with van der Waals surface area (Å²) in [4.78, 5) is 2.29. The van der Waals surface area contributed by atoms with Crippen molar-refractivity contribution in [1.82, 2.24) is 13.9 Å². The zero-order valence-electron chi connectivity index (χ0n) is 15.0. The van der Waals surface area contributed by atoms with Crippen LogP contribution in [-0.2, 0) is 14.9 Å². The summed E-state index contributed by atoms with van der Waals surface area (Å²) in [6.45, 7) is 9.35. The molecule has 0 saturated carbocycles. The SMILES string of the molecule is Cc1ccc([C@H]2CN(C(C)C)C[C@@H]2NS(=O)(=O)N2CCOCC2)o1.Cl. The van der Waals surface area contributed by atoms with Crippen molar-refractivity contribution in [3.63, 3.8) is 0 Å². The Morgan fingerprint density at radius 1 is 1.20 bits per heavy atom. The summed E-state index contributed by atoms with van der Waals surface area (Å²) in [5, 5.41) is 0. The number of morpholine rings is 1. The Bertz CT molecular complexity index is 658. The Morgan fingerprint density at radius 2 is 1.88 bits per heavy atom. The van der Waals surface area contributed by atoms with Gasteiger partial charge in [0.05, 0.1) is 13.2 Å². The fourth-order valence-electron chi connectivity index (χ4n) is 3.37. The van der Waals surface area contributed by atoms with Gasteiger partial charge in [-0.2, -0.15) is 17.4 Å². The lowest BCUT2D eigenvalue weighted by Gasteiger charge is -2.28. The van der Waals surface area contributed by atoms with E-state index in [9.17, 15) is 8.42 Å². The van der Waals surface area contributed by atoms with E-state index in [1.807, 2.05) is 19.1 Å². The van der Waals surface area contributed by atoms with E-state index in [2.05, 4.69) is 23.5 Å². The Kier molecular flexibility index (Phi) is 6.92. The molecule has 0 bridgehead atoms. The number of halogens is 1. The standard InChI is InChI=1S/C16H27N3O4S.ClH/c1-12(2)18-10-14(16-5-4-13(3)23-16)15(11-18)17-24(20,21)19-6-8-22-9-7-19;/h4-5,12,14-15,17H,6-11H2,1-3H3;1H/t14-,15-;/m0./s1. The van der Waals surface area contributed by atoms with Crippen LogP contribution < -0.4 is 4.72 Å². The van der Waals surface area contributed by atoms with Gasteiger partial charge in [0.15, 0.2) is 0 Å². The van der Waals surface area contributed by atoms with Gasteiger partial charge in [-0.25, -0.2) is 0 Å². The molecule has 1 aromatic rings. The third kappa shape index (κ3) is 4.75. The first kappa shape index (κ1) is 20.7. The predicted octanol–water partition coefficient (Wildman–Crippen LogP) is 1.35. The second-order valence-electron chi connectivity index (χ2n) is 6.84. The number of furan rings is 1. The van der Waals surface area contributed by atoms with Crippen LogP contribution in [0.5, 0.6) is 0 Å². The Labute approximate surface area is 156 Å². The van der Waals surface area contributed by atoms with E-state index >= 15 is 0 Å². The minimum atomic E-state index is -3.51. The highest BCUT2D eigenvalue weighted by atomic mass is 35.5. The summed E-state index contributed by atoms with van der Waals surface area (Å²) in [7, 11) is -3.51. The quantitative estimate of drug-likeness (QED) is 0.817. The topological polar surface area (TPSA) is 75.0 Å². The van der Waals surface area contributed by atoms with Crippen LogP contribution in [0.3, 0.4) is 0 Å². The molecule has 1 aromatic heterocycles. The van der Waals surface area contributed by atoms with Crippen molar-refractivity contribution in [3.05, 3.63) is 23.7 Å². The molecule has 0 unspecified atom stereocenters. The minimum absolute atomic E-state index is 0. The maximum absolute atomic E-state index is 12.7.